The average Bonchev–Trinajstić information content (AvgIpc) is 2.16. The lowest BCUT2D eigenvalue weighted by molar-refractivity contribution is -0.385. The molecule has 0 fully saturated rings. The van der Waals surface area contributed by atoms with Crippen molar-refractivity contribution in [3.05, 3.63) is 39.2 Å². The zero-order valence-corrected chi connectivity index (χ0v) is 7.81. The van der Waals surface area contributed by atoms with Crippen molar-refractivity contribution in [2.24, 2.45) is 0 Å². The quantitative estimate of drug-likeness (QED) is 0.472. The number of nitro groups is 1. The first-order valence-electron chi connectivity index (χ1n) is 3.72. The minimum Gasteiger partial charge on any atom is -0.392 e. The Bertz CT molecular complexity index is 379. The predicted octanol–water partition coefficient (Wildman–Crippen LogP) is 1.65. The van der Waals surface area contributed by atoms with Gasteiger partial charge in [0.1, 0.15) is 11.3 Å². The normalized spacial score (nSPS) is 10.7. The van der Waals surface area contributed by atoms with Crippen LogP contribution in [0.2, 0.25) is 5.15 Å². The summed E-state index contributed by atoms with van der Waals surface area (Å²) in [6, 6.07) is 1.29. The van der Waals surface area contributed by atoms with Gasteiger partial charge in [0, 0.05) is 11.6 Å². The van der Waals surface area contributed by atoms with Gasteiger partial charge in [-0.1, -0.05) is 23.8 Å². The van der Waals surface area contributed by atoms with Crippen LogP contribution in [0.25, 0.3) is 6.08 Å². The molecule has 1 N–H and O–H groups in total. The van der Waals surface area contributed by atoms with Gasteiger partial charge in [-0.3, -0.25) is 10.1 Å². The Hall–Kier alpha value is -1.46. The van der Waals surface area contributed by atoms with Gasteiger partial charge in [0.2, 0.25) is 0 Å². The Morgan fingerprint density at radius 3 is 3.00 bits per heavy atom. The number of rotatable bonds is 3. The molecule has 0 aromatic carbocycles. The summed E-state index contributed by atoms with van der Waals surface area (Å²) in [4.78, 5) is 13.5. The van der Waals surface area contributed by atoms with Gasteiger partial charge in [0.05, 0.1) is 11.5 Å². The van der Waals surface area contributed by atoms with Crippen LogP contribution in [-0.2, 0) is 0 Å². The van der Waals surface area contributed by atoms with Crippen LogP contribution in [0, 0.1) is 10.1 Å². The van der Waals surface area contributed by atoms with E-state index < -0.39 is 4.92 Å². The first-order chi connectivity index (χ1) is 6.65. The smallest absolute Gasteiger partial charge is 0.288 e. The van der Waals surface area contributed by atoms with E-state index in [1.807, 2.05) is 0 Å². The van der Waals surface area contributed by atoms with E-state index >= 15 is 0 Å². The van der Waals surface area contributed by atoms with Gasteiger partial charge in [-0.25, -0.2) is 4.98 Å². The van der Waals surface area contributed by atoms with Crippen molar-refractivity contribution >= 4 is 23.4 Å². The summed E-state index contributed by atoms with van der Waals surface area (Å²) in [5, 5.41) is 19.1. The number of hydrogen-bond donors (Lipinski definition) is 1. The third-order valence-corrected chi connectivity index (χ3v) is 1.78. The van der Waals surface area contributed by atoms with Crippen LogP contribution >= 0.6 is 11.6 Å². The highest BCUT2D eigenvalue weighted by Gasteiger charge is 2.08. The van der Waals surface area contributed by atoms with Crippen molar-refractivity contribution in [1.29, 1.82) is 0 Å². The maximum Gasteiger partial charge on any atom is 0.288 e. The van der Waals surface area contributed by atoms with E-state index in [1.54, 1.807) is 0 Å². The Morgan fingerprint density at radius 2 is 2.43 bits per heavy atom. The Labute approximate surface area is 84.8 Å². The lowest BCUT2D eigenvalue weighted by atomic mass is 10.2. The maximum absolute atomic E-state index is 10.4. The van der Waals surface area contributed by atoms with Gasteiger partial charge in [-0.05, 0) is 0 Å². The standard InChI is InChI=1S/C8H7ClN2O3/c9-8-6(2-1-3-12)4-7(5-10-8)11(13)14/h1-2,4-5,12H,3H2. The second kappa shape index (κ2) is 4.69. The molecule has 1 aromatic heterocycles. The molecule has 0 unspecified atom stereocenters. The van der Waals surface area contributed by atoms with Crippen LogP contribution in [0.4, 0.5) is 5.69 Å². The molecule has 0 aliphatic heterocycles. The predicted molar refractivity (Wildman–Crippen MR) is 52.0 cm³/mol. The number of aliphatic hydroxyl groups is 1. The van der Waals surface area contributed by atoms with Crippen molar-refractivity contribution in [2.45, 2.75) is 0 Å². The van der Waals surface area contributed by atoms with Crippen LogP contribution in [0.1, 0.15) is 5.56 Å². The van der Waals surface area contributed by atoms with Crippen LogP contribution in [0.5, 0.6) is 0 Å². The van der Waals surface area contributed by atoms with Crippen molar-refractivity contribution in [1.82, 2.24) is 4.98 Å². The summed E-state index contributed by atoms with van der Waals surface area (Å²) in [5.41, 5.74) is 0.280. The van der Waals surface area contributed by atoms with Crippen molar-refractivity contribution in [2.75, 3.05) is 6.61 Å². The van der Waals surface area contributed by atoms with Crippen LogP contribution in [-0.4, -0.2) is 21.6 Å². The molecular formula is C8H7ClN2O3. The monoisotopic (exact) mass is 214 g/mol. The summed E-state index contributed by atoms with van der Waals surface area (Å²) in [6.45, 7) is -0.154. The zero-order valence-electron chi connectivity index (χ0n) is 7.05. The van der Waals surface area contributed by atoms with E-state index in [-0.39, 0.29) is 17.4 Å². The Balaban J connectivity index is 3.08. The number of aliphatic hydroxyl groups excluding tert-OH is 1. The number of aromatic nitrogens is 1. The summed E-state index contributed by atoms with van der Waals surface area (Å²) in [7, 11) is 0. The summed E-state index contributed by atoms with van der Waals surface area (Å²) in [5.74, 6) is 0. The molecule has 1 rings (SSSR count). The molecule has 0 bridgehead atoms. The van der Waals surface area contributed by atoms with Crippen LogP contribution in [0.3, 0.4) is 0 Å². The molecule has 1 heterocycles. The molecule has 0 radical (unpaired) electrons. The molecule has 0 atom stereocenters. The highest BCUT2D eigenvalue weighted by Crippen LogP contribution is 2.19. The molecule has 6 heteroatoms. The van der Waals surface area contributed by atoms with Crippen molar-refractivity contribution < 1.29 is 10.0 Å². The van der Waals surface area contributed by atoms with Gasteiger partial charge in [-0.2, -0.15) is 0 Å². The van der Waals surface area contributed by atoms with Crippen LogP contribution in [0.15, 0.2) is 18.3 Å². The second-order valence-corrected chi connectivity index (χ2v) is 2.77. The molecule has 0 spiro atoms. The van der Waals surface area contributed by atoms with E-state index in [1.165, 1.54) is 18.2 Å². The van der Waals surface area contributed by atoms with Gasteiger partial charge in [0.25, 0.3) is 5.69 Å². The van der Waals surface area contributed by atoms with Gasteiger partial charge >= 0.3 is 0 Å². The molecule has 0 saturated heterocycles. The number of nitrogens with zero attached hydrogens (tertiary/aromatic N) is 2. The first kappa shape index (κ1) is 10.6. The summed E-state index contributed by atoms with van der Waals surface area (Å²) in [6.07, 6.45) is 3.98. The van der Waals surface area contributed by atoms with Gasteiger partial charge in [0.15, 0.2) is 0 Å². The fourth-order valence-corrected chi connectivity index (χ4v) is 1.02. The first-order valence-corrected chi connectivity index (χ1v) is 4.10. The number of pyridine rings is 1. The molecule has 5 nitrogen and oxygen atoms in total. The zero-order chi connectivity index (χ0) is 10.6. The van der Waals surface area contributed by atoms with E-state index in [4.69, 9.17) is 16.7 Å². The lowest BCUT2D eigenvalue weighted by Gasteiger charge is -1.96. The Kier molecular flexibility index (Phi) is 3.55. The topological polar surface area (TPSA) is 76.3 Å². The van der Waals surface area contributed by atoms with E-state index in [2.05, 4.69) is 4.98 Å². The average molecular weight is 215 g/mol. The number of hydrogen-bond acceptors (Lipinski definition) is 4. The fourth-order valence-electron chi connectivity index (χ4n) is 0.850. The van der Waals surface area contributed by atoms with E-state index in [0.717, 1.165) is 6.20 Å². The van der Waals surface area contributed by atoms with Crippen molar-refractivity contribution in [3.63, 3.8) is 0 Å². The third-order valence-electron chi connectivity index (χ3n) is 1.47. The number of halogens is 1. The van der Waals surface area contributed by atoms with Crippen LogP contribution < -0.4 is 0 Å². The minimum atomic E-state index is -0.556. The molecule has 0 aliphatic rings. The molecule has 74 valence electrons. The SMILES string of the molecule is O=[N+]([O-])c1cnc(Cl)c(C=CCO)c1. The molecule has 14 heavy (non-hydrogen) atoms. The molecule has 0 aliphatic carbocycles. The molecule has 0 amide bonds. The molecule has 0 saturated carbocycles. The fraction of sp³-hybridized carbons (Fsp3) is 0.125. The second-order valence-electron chi connectivity index (χ2n) is 2.42. The third kappa shape index (κ3) is 2.51. The van der Waals surface area contributed by atoms with E-state index in [9.17, 15) is 10.1 Å². The van der Waals surface area contributed by atoms with Gasteiger partial charge < -0.3 is 5.11 Å². The highest BCUT2D eigenvalue weighted by molar-refractivity contribution is 6.30. The Morgan fingerprint density at radius 1 is 1.71 bits per heavy atom. The summed E-state index contributed by atoms with van der Waals surface area (Å²) < 4.78 is 0. The largest absolute Gasteiger partial charge is 0.392 e. The summed E-state index contributed by atoms with van der Waals surface area (Å²) >= 11 is 5.67. The maximum atomic E-state index is 10.4. The van der Waals surface area contributed by atoms with Gasteiger partial charge in [-0.15, -0.1) is 0 Å². The highest BCUT2D eigenvalue weighted by atomic mass is 35.5. The lowest BCUT2D eigenvalue weighted by Crippen LogP contribution is -1.91. The van der Waals surface area contributed by atoms with E-state index in [0.29, 0.717) is 5.56 Å². The minimum absolute atomic E-state index is 0.132. The van der Waals surface area contributed by atoms with Crippen molar-refractivity contribution in [3.8, 4) is 0 Å². The molecular weight excluding hydrogens is 208 g/mol. The molecule has 1 aromatic rings.